The molecule has 17 nitrogen and oxygen atoms in total. The van der Waals surface area contributed by atoms with E-state index in [0.717, 1.165) is 120 Å². The minimum absolute atomic E-state index is 0.105. The number of aliphatic hydroxyl groups excluding tert-OH is 1. The van der Waals surface area contributed by atoms with Gasteiger partial charge in [-0.05, 0) is 49.4 Å². The maximum absolute atomic E-state index is 13.0. The number of carbonyl (C=O) groups excluding carboxylic acids is 4. The third kappa shape index (κ3) is 65.8. The summed E-state index contributed by atoms with van der Waals surface area (Å²) in [4.78, 5) is 72.7. The van der Waals surface area contributed by atoms with E-state index in [4.69, 9.17) is 37.0 Å². The number of hydrogen-bond donors (Lipinski definition) is 3. The van der Waals surface area contributed by atoms with Crippen LogP contribution in [0, 0.1) is 23.7 Å². The molecule has 3 N–H and O–H groups in total. The van der Waals surface area contributed by atoms with Gasteiger partial charge in [-0.1, -0.05) is 319 Å². The third-order valence-electron chi connectivity index (χ3n) is 17.8. The summed E-state index contributed by atoms with van der Waals surface area (Å²) in [5.74, 6) is 0.933. The number of phosphoric acid groups is 2. The Balaban J connectivity index is 5.23. The second kappa shape index (κ2) is 63.5. The molecule has 7 atom stereocenters. The van der Waals surface area contributed by atoms with Crippen molar-refractivity contribution in [1.82, 2.24) is 0 Å². The highest BCUT2D eigenvalue weighted by atomic mass is 31.2. The molecule has 0 rings (SSSR count). The summed E-state index contributed by atoms with van der Waals surface area (Å²) in [6.45, 7) is 14.2. The van der Waals surface area contributed by atoms with Crippen LogP contribution in [0.2, 0.25) is 0 Å². The van der Waals surface area contributed by atoms with Crippen molar-refractivity contribution in [2.75, 3.05) is 39.6 Å². The molecule has 0 aromatic rings. The molecular weight excluding hydrogens is 1220 g/mol. The van der Waals surface area contributed by atoms with Crippen molar-refractivity contribution in [3.8, 4) is 0 Å². The van der Waals surface area contributed by atoms with Gasteiger partial charge < -0.3 is 33.8 Å². The first-order valence-electron chi connectivity index (χ1n) is 38.3. The number of phosphoric ester groups is 2. The van der Waals surface area contributed by atoms with Gasteiger partial charge in [-0.25, -0.2) is 9.13 Å². The standard InChI is InChI=1S/C74H144O17P2/c1-9-66(7)52-44-36-28-22-18-13-11-12-14-19-23-29-40-48-56-74(79)91-70(61-85-72(77)55-47-39-33-32-37-45-53-67(8)10-2)63-89-93(82,83)87-59-68(75)58-86-92(80,81)88-62-69(60-84-71(76)54-46-38-31-25-27-35-43-51-65(5)6)90-73(78)57-49-41-30-24-20-16-15-17-21-26-34-42-50-64(3)4/h64-70,75H,9-63H2,1-8H3,(H,80,81)(H,82,83)/t66?,67?,68-,69-,70-/m1/s1. The molecule has 0 bridgehead atoms. The Bertz CT molecular complexity index is 1840. The zero-order valence-corrected chi connectivity index (χ0v) is 62.7. The zero-order chi connectivity index (χ0) is 68.9. The molecular formula is C74H144O17P2. The van der Waals surface area contributed by atoms with Crippen molar-refractivity contribution in [3.63, 3.8) is 0 Å². The maximum atomic E-state index is 13.0. The second-order valence-corrected chi connectivity index (χ2v) is 31.0. The van der Waals surface area contributed by atoms with E-state index >= 15 is 0 Å². The molecule has 0 heterocycles. The summed E-state index contributed by atoms with van der Waals surface area (Å²) in [5.41, 5.74) is 0. The van der Waals surface area contributed by atoms with Gasteiger partial charge in [0.25, 0.3) is 0 Å². The molecule has 93 heavy (non-hydrogen) atoms. The molecule has 0 aliphatic carbocycles. The minimum atomic E-state index is -4.96. The van der Waals surface area contributed by atoms with Gasteiger partial charge in [0.05, 0.1) is 26.4 Å². The Morgan fingerprint density at radius 3 is 0.763 bits per heavy atom. The predicted molar refractivity (Wildman–Crippen MR) is 377 cm³/mol. The Kier molecular flexibility index (Phi) is 62.2. The molecule has 19 heteroatoms. The number of rotatable bonds is 71. The van der Waals surface area contributed by atoms with Gasteiger partial charge in [0, 0.05) is 25.7 Å². The number of unbranched alkanes of at least 4 members (excludes halogenated alkanes) is 35. The smallest absolute Gasteiger partial charge is 0.462 e. The molecule has 0 radical (unpaired) electrons. The molecule has 0 amide bonds. The third-order valence-corrected chi connectivity index (χ3v) is 19.7. The van der Waals surface area contributed by atoms with Crippen LogP contribution in [0.3, 0.4) is 0 Å². The average Bonchev–Trinajstić information content (AvgIpc) is 2.34. The van der Waals surface area contributed by atoms with E-state index in [-0.39, 0.29) is 25.7 Å². The lowest BCUT2D eigenvalue weighted by Crippen LogP contribution is -2.30. The molecule has 0 aliphatic rings. The van der Waals surface area contributed by atoms with E-state index in [1.807, 2.05) is 0 Å². The minimum Gasteiger partial charge on any atom is -0.462 e. The van der Waals surface area contributed by atoms with E-state index in [2.05, 4.69) is 55.4 Å². The van der Waals surface area contributed by atoms with E-state index in [1.54, 1.807) is 0 Å². The predicted octanol–water partition coefficient (Wildman–Crippen LogP) is 21.3. The average molecular weight is 1370 g/mol. The fourth-order valence-corrected chi connectivity index (χ4v) is 12.7. The SMILES string of the molecule is CCC(C)CCCCCCCCCCCCCCCCC(=O)O[C@H](COC(=O)CCCCCCCCC(C)CC)COP(=O)(O)OC[C@H](O)COP(=O)(O)OC[C@@H](COC(=O)CCCCCCCCCC(C)C)OC(=O)CCCCCCCCCCCCCCC(C)C. The van der Waals surface area contributed by atoms with Crippen molar-refractivity contribution in [2.24, 2.45) is 23.7 Å². The summed E-state index contributed by atoms with van der Waals surface area (Å²) in [7, 11) is -9.91. The fraction of sp³-hybridized carbons (Fsp3) is 0.946. The van der Waals surface area contributed by atoms with Gasteiger partial charge in [-0.2, -0.15) is 0 Å². The van der Waals surface area contributed by atoms with Crippen LogP contribution in [0.1, 0.15) is 370 Å². The zero-order valence-electron chi connectivity index (χ0n) is 60.9. The van der Waals surface area contributed by atoms with Gasteiger partial charge in [-0.15, -0.1) is 0 Å². The Morgan fingerprint density at radius 2 is 0.516 bits per heavy atom. The Morgan fingerprint density at radius 1 is 0.301 bits per heavy atom. The van der Waals surface area contributed by atoms with Crippen molar-refractivity contribution >= 4 is 39.5 Å². The summed E-state index contributed by atoms with van der Waals surface area (Å²) < 4.78 is 68.4. The first-order chi connectivity index (χ1) is 44.7. The van der Waals surface area contributed by atoms with Crippen molar-refractivity contribution in [1.29, 1.82) is 0 Å². The van der Waals surface area contributed by atoms with Crippen LogP contribution in [0.25, 0.3) is 0 Å². The first kappa shape index (κ1) is 91.1. The number of hydrogen-bond acceptors (Lipinski definition) is 15. The van der Waals surface area contributed by atoms with E-state index < -0.39 is 97.5 Å². The van der Waals surface area contributed by atoms with E-state index in [1.165, 1.54) is 161 Å². The van der Waals surface area contributed by atoms with Crippen LogP contribution in [-0.2, 0) is 65.4 Å². The fourth-order valence-electron chi connectivity index (χ4n) is 11.1. The number of carbonyl (C=O) groups is 4. The molecule has 552 valence electrons. The van der Waals surface area contributed by atoms with E-state index in [9.17, 15) is 43.2 Å². The van der Waals surface area contributed by atoms with Gasteiger partial charge in [0.2, 0.25) is 0 Å². The molecule has 0 aliphatic heterocycles. The maximum Gasteiger partial charge on any atom is 0.472 e. The Hall–Kier alpha value is -1.94. The van der Waals surface area contributed by atoms with Crippen LogP contribution in [0.4, 0.5) is 0 Å². The van der Waals surface area contributed by atoms with Crippen molar-refractivity contribution < 1.29 is 80.2 Å². The summed E-state index contributed by atoms with van der Waals surface area (Å²) in [6.07, 6.45) is 47.2. The highest BCUT2D eigenvalue weighted by molar-refractivity contribution is 7.47. The van der Waals surface area contributed by atoms with Crippen LogP contribution in [-0.4, -0.2) is 96.7 Å². The quantitative estimate of drug-likeness (QED) is 0.0222. The van der Waals surface area contributed by atoms with Crippen LogP contribution >= 0.6 is 15.6 Å². The van der Waals surface area contributed by atoms with Gasteiger partial charge in [0.15, 0.2) is 12.2 Å². The summed E-state index contributed by atoms with van der Waals surface area (Å²) >= 11 is 0. The molecule has 0 aromatic heterocycles. The summed E-state index contributed by atoms with van der Waals surface area (Å²) in [5, 5.41) is 10.6. The first-order valence-corrected chi connectivity index (χ1v) is 41.3. The van der Waals surface area contributed by atoms with Gasteiger partial charge >= 0.3 is 39.5 Å². The lowest BCUT2D eigenvalue weighted by Gasteiger charge is -2.21. The molecule has 0 saturated carbocycles. The molecule has 0 fully saturated rings. The molecule has 0 saturated heterocycles. The van der Waals surface area contributed by atoms with E-state index in [0.29, 0.717) is 31.6 Å². The lowest BCUT2D eigenvalue weighted by molar-refractivity contribution is -0.161. The summed E-state index contributed by atoms with van der Waals surface area (Å²) in [6, 6.07) is 0. The second-order valence-electron chi connectivity index (χ2n) is 28.1. The number of esters is 4. The molecule has 0 spiro atoms. The van der Waals surface area contributed by atoms with Crippen LogP contribution < -0.4 is 0 Å². The topological polar surface area (TPSA) is 237 Å². The largest absolute Gasteiger partial charge is 0.472 e. The normalized spacial score (nSPS) is 14.8. The lowest BCUT2D eigenvalue weighted by atomic mass is 9.99. The highest BCUT2D eigenvalue weighted by Crippen LogP contribution is 2.45. The monoisotopic (exact) mass is 1370 g/mol. The molecule has 4 unspecified atom stereocenters. The number of aliphatic hydroxyl groups is 1. The molecule has 0 aromatic carbocycles. The highest BCUT2D eigenvalue weighted by Gasteiger charge is 2.30. The number of ether oxygens (including phenoxy) is 4. The van der Waals surface area contributed by atoms with Crippen LogP contribution in [0.15, 0.2) is 0 Å². The Labute approximate surface area is 568 Å². The van der Waals surface area contributed by atoms with Gasteiger partial charge in [0.1, 0.15) is 19.3 Å². The van der Waals surface area contributed by atoms with Crippen LogP contribution in [0.5, 0.6) is 0 Å². The van der Waals surface area contributed by atoms with Crippen molar-refractivity contribution in [2.45, 2.75) is 388 Å². The van der Waals surface area contributed by atoms with Gasteiger partial charge in [-0.3, -0.25) is 37.3 Å². The van der Waals surface area contributed by atoms with Crippen molar-refractivity contribution in [3.05, 3.63) is 0 Å².